The minimum atomic E-state index is -3.96. The number of pyridine rings is 1. The average Bonchev–Trinajstić information content (AvgIpc) is 3.64. The molecule has 1 aliphatic heterocycles. The van der Waals surface area contributed by atoms with Crippen LogP contribution in [0.2, 0.25) is 0 Å². The summed E-state index contributed by atoms with van der Waals surface area (Å²) in [7, 11) is -2.53. The first kappa shape index (κ1) is 23.0. The highest BCUT2D eigenvalue weighted by Gasteiger charge is 2.32. The molecule has 2 heterocycles. The van der Waals surface area contributed by atoms with E-state index in [2.05, 4.69) is 15.6 Å². The lowest BCUT2D eigenvalue weighted by atomic mass is 10.1. The Morgan fingerprint density at radius 1 is 1.23 bits per heavy atom. The Hall–Kier alpha value is -3.73. The number of benzene rings is 2. The number of amides is 2. The summed E-state index contributed by atoms with van der Waals surface area (Å²) in [6.07, 6.45) is 2.93. The van der Waals surface area contributed by atoms with Crippen LogP contribution < -0.4 is 16.2 Å². The van der Waals surface area contributed by atoms with Gasteiger partial charge in [-0.2, -0.15) is 0 Å². The number of rotatable bonds is 5. The fourth-order valence-electron chi connectivity index (χ4n) is 4.30. The Labute approximate surface area is 200 Å². The maximum atomic E-state index is 14.1. The zero-order valence-corrected chi connectivity index (χ0v) is 19.7. The summed E-state index contributed by atoms with van der Waals surface area (Å²) >= 11 is 0. The maximum absolute atomic E-state index is 14.1. The monoisotopic (exact) mass is 498 g/mol. The number of hydrogen-bond acceptors (Lipinski definition) is 6. The van der Waals surface area contributed by atoms with Gasteiger partial charge in [0.25, 0.3) is 5.56 Å². The first-order valence-corrected chi connectivity index (χ1v) is 12.8. The van der Waals surface area contributed by atoms with Gasteiger partial charge in [0.15, 0.2) is 9.84 Å². The van der Waals surface area contributed by atoms with Crippen LogP contribution >= 0.6 is 0 Å². The molecular weight excluding hydrogens is 475 g/mol. The number of fused-ring (bicyclic) bond motifs is 2. The summed E-state index contributed by atoms with van der Waals surface area (Å²) in [6.45, 7) is 0.365. The van der Waals surface area contributed by atoms with E-state index in [4.69, 9.17) is 0 Å². The number of carbonyl (C=O) groups excluding carboxylic acids is 1. The van der Waals surface area contributed by atoms with Crippen LogP contribution in [0.25, 0.3) is 10.9 Å². The summed E-state index contributed by atoms with van der Waals surface area (Å²) in [5, 5.41) is 16.0. The second-order valence-corrected chi connectivity index (χ2v) is 10.7. The summed E-state index contributed by atoms with van der Waals surface area (Å²) < 4.78 is 41.8. The number of aromatic nitrogens is 1. The van der Waals surface area contributed by atoms with Gasteiger partial charge >= 0.3 is 6.03 Å². The van der Waals surface area contributed by atoms with Crippen molar-refractivity contribution in [1.29, 1.82) is 0 Å². The third-order valence-corrected chi connectivity index (χ3v) is 7.96. The topological polar surface area (TPSA) is 130 Å². The van der Waals surface area contributed by atoms with E-state index < -0.39 is 38.7 Å². The summed E-state index contributed by atoms with van der Waals surface area (Å²) in [4.78, 5) is 29.4. The van der Waals surface area contributed by atoms with Crippen LogP contribution in [0.4, 0.5) is 20.6 Å². The van der Waals surface area contributed by atoms with E-state index in [1.54, 1.807) is 0 Å². The number of aryl methyl sites for hydroxylation is 1. The maximum Gasteiger partial charge on any atom is 0.318 e. The lowest BCUT2D eigenvalue weighted by molar-refractivity contribution is 0.254. The quantitative estimate of drug-likeness (QED) is 0.497. The molecule has 1 saturated carbocycles. The van der Waals surface area contributed by atoms with Gasteiger partial charge in [-0.15, -0.1) is 0 Å². The Morgan fingerprint density at radius 2 is 2.00 bits per heavy atom. The van der Waals surface area contributed by atoms with Crippen LogP contribution in [-0.4, -0.2) is 42.6 Å². The number of aromatic hydroxyl groups is 1. The fraction of sp³-hybridized carbons (Fsp3) is 0.292. The molecule has 1 fully saturated rings. The van der Waals surface area contributed by atoms with Gasteiger partial charge in [0.2, 0.25) is 0 Å². The van der Waals surface area contributed by atoms with Crippen molar-refractivity contribution in [3.05, 3.63) is 58.1 Å². The van der Waals surface area contributed by atoms with Crippen molar-refractivity contribution < 1.29 is 22.7 Å². The standard InChI is InChI=1S/C24H23FN4O5S/c1-26-24(32)27-15-5-6-17-20(11-15)35(33,34)12-18(28-17)21-22(30)16-10-14(25)4-7-19(16)29(23(21)31)9-8-13-2-3-13/h4-7,10-11,13,30H,2-3,8-9,12H2,1H3,(H2,26,27,32). The Balaban J connectivity index is 1.67. The van der Waals surface area contributed by atoms with E-state index in [0.29, 0.717) is 18.0 Å². The van der Waals surface area contributed by atoms with E-state index in [0.717, 1.165) is 25.3 Å². The van der Waals surface area contributed by atoms with Gasteiger partial charge in [-0.05, 0) is 48.7 Å². The third kappa shape index (κ3) is 4.27. The van der Waals surface area contributed by atoms with Crippen LogP contribution in [0.15, 0.2) is 51.1 Å². The molecule has 0 spiro atoms. The molecule has 0 bridgehead atoms. The normalized spacial score (nSPS) is 16.5. The third-order valence-electron chi connectivity index (χ3n) is 6.31. The number of anilines is 1. The summed E-state index contributed by atoms with van der Waals surface area (Å²) in [6, 6.07) is 7.48. The number of halogens is 1. The molecule has 11 heteroatoms. The summed E-state index contributed by atoms with van der Waals surface area (Å²) in [5.74, 6) is -1.20. The molecule has 3 aromatic rings. The van der Waals surface area contributed by atoms with Crippen LogP contribution in [0.5, 0.6) is 5.75 Å². The van der Waals surface area contributed by atoms with Crippen molar-refractivity contribution in [1.82, 2.24) is 9.88 Å². The molecule has 35 heavy (non-hydrogen) atoms. The van der Waals surface area contributed by atoms with E-state index in [-0.39, 0.29) is 32.9 Å². The first-order chi connectivity index (χ1) is 16.7. The molecule has 1 aliphatic carbocycles. The van der Waals surface area contributed by atoms with Crippen LogP contribution in [-0.2, 0) is 16.4 Å². The minimum Gasteiger partial charge on any atom is -0.506 e. The molecule has 2 amide bonds. The van der Waals surface area contributed by atoms with Crippen molar-refractivity contribution in [2.45, 2.75) is 30.7 Å². The number of nitrogens with zero attached hydrogens (tertiary/aromatic N) is 2. The molecule has 182 valence electrons. The van der Waals surface area contributed by atoms with Crippen LogP contribution in [0.3, 0.4) is 0 Å². The van der Waals surface area contributed by atoms with Crippen molar-refractivity contribution in [2.24, 2.45) is 10.9 Å². The SMILES string of the molecule is CNC(=O)Nc1ccc2c(c1)S(=O)(=O)CC(c1c(O)c3cc(F)ccc3n(CCC3CC3)c1=O)=N2. The largest absolute Gasteiger partial charge is 0.506 e. The van der Waals surface area contributed by atoms with Crippen LogP contribution in [0, 0.1) is 11.7 Å². The van der Waals surface area contributed by atoms with Gasteiger partial charge in [-0.1, -0.05) is 12.8 Å². The lowest BCUT2D eigenvalue weighted by Gasteiger charge is -2.20. The predicted octanol–water partition coefficient (Wildman–Crippen LogP) is 3.31. The highest BCUT2D eigenvalue weighted by Crippen LogP contribution is 2.37. The van der Waals surface area contributed by atoms with E-state index >= 15 is 0 Å². The molecule has 1 aromatic heterocycles. The minimum absolute atomic E-state index is 0.0800. The molecule has 0 saturated heterocycles. The van der Waals surface area contributed by atoms with Gasteiger partial charge in [0.1, 0.15) is 17.1 Å². The van der Waals surface area contributed by atoms with Gasteiger partial charge in [0, 0.05) is 24.7 Å². The molecular formula is C24H23FN4O5S. The molecule has 0 atom stereocenters. The number of carbonyl (C=O) groups is 1. The van der Waals surface area contributed by atoms with E-state index in [1.165, 1.54) is 41.9 Å². The number of sulfone groups is 1. The number of urea groups is 1. The van der Waals surface area contributed by atoms with E-state index in [1.807, 2.05) is 0 Å². The van der Waals surface area contributed by atoms with Gasteiger partial charge < -0.3 is 20.3 Å². The molecule has 2 aliphatic rings. The average molecular weight is 499 g/mol. The highest BCUT2D eigenvalue weighted by molar-refractivity contribution is 7.92. The fourth-order valence-corrected chi connectivity index (χ4v) is 5.77. The van der Waals surface area contributed by atoms with Gasteiger partial charge in [-0.25, -0.2) is 17.6 Å². The highest BCUT2D eigenvalue weighted by atomic mass is 32.2. The number of nitrogens with one attached hydrogen (secondary N) is 2. The Morgan fingerprint density at radius 3 is 2.71 bits per heavy atom. The molecule has 2 aromatic carbocycles. The van der Waals surface area contributed by atoms with Crippen molar-refractivity contribution in [3.63, 3.8) is 0 Å². The second kappa shape index (κ2) is 8.49. The number of hydrogen-bond donors (Lipinski definition) is 3. The molecule has 5 rings (SSSR count). The molecule has 0 unspecified atom stereocenters. The van der Waals surface area contributed by atoms with Crippen molar-refractivity contribution in [2.75, 3.05) is 18.1 Å². The van der Waals surface area contributed by atoms with Crippen molar-refractivity contribution in [3.8, 4) is 5.75 Å². The summed E-state index contributed by atoms with van der Waals surface area (Å²) in [5.41, 5.74) is -0.215. The van der Waals surface area contributed by atoms with Crippen molar-refractivity contribution >= 4 is 43.9 Å². The lowest BCUT2D eigenvalue weighted by Crippen LogP contribution is -2.32. The zero-order chi connectivity index (χ0) is 24.9. The van der Waals surface area contributed by atoms with Gasteiger partial charge in [0.05, 0.1) is 27.6 Å². The molecule has 9 nitrogen and oxygen atoms in total. The van der Waals surface area contributed by atoms with Gasteiger partial charge in [-0.3, -0.25) is 9.79 Å². The zero-order valence-electron chi connectivity index (χ0n) is 18.8. The number of aliphatic imine (C=N–C) groups is 1. The first-order valence-electron chi connectivity index (χ1n) is 11.2. The van der Waals surface area contributed by atoms with E-state index in [9.17, 15) is 27.5 Å². The predicted molar refractivity (Wildman–Crippen MR) is 130 cm³/mol. The van der Waals surface area contributed by atoms with Crippen LogP contribution in [0.1, 0.15) is 24.8 Å². The Bertz CT molecular complexity index is 1580. The molecule has 3 N–H and O–H groups in total. The Kier molecular flexibility index (Phi) is 5.59. The molecule has 0 radical (unpaired) electrons. The smallest absolute Gasteiger partial charge is 0.318 e. The second-order valence-electron chi connectivity index (χ2n) is 8.78.